The van der Waals surface area contributed by atoms with Gasteiger partial charge in [0.05, 0.1) is 24.9 Å². The van der Waals surface area contributed by atoms with E-state index in [4.69, 9.17) is 18.3 Å². The van der Waals surface area contributed by atoms with Gasteiger partial charge in [-0.15, -0.1) is 0 Å². The van der Waals surface area contributed by atoms with E-state index in [1.54, 1.807) is 0 Å². The SMILES string of the molecule is CC(=O)OCCC[C@H]1O[C@H](CCO[Si](c2ccccc2)(c2ccccc2)C(C)(C)C)C[C@@H](O[Si](C(C)C)(C(C)C)C(C)C)[C@@H]1O. The Balaban J connectivity index is 1.89. The number of esters is 1. The van der Waals surface area contributed by atoms with Crippen LogP contribution in [0.25, 0.3) is 0 Å². The minimum absolute atomic E-state index is 0.110. The summed E-state index contributed by atoms with van der Waals surface area (Å²) >= 11 is 0. The zero-order chi connectivity index (χ0) is 33.4. The Kier molecular flexibility index (Phi) is 13.7. The molecule has 0 unspecified atom stereocenters. The molecule has 2 aromatic rings. The molecule has 1 aliphatic rings. The molecule has 1 N–H and O–H groups in total. The average Bonchev–Trinajstić information content (AvgIpc) is 2.97. The van der Waals surface area contributed by atoms with E-state index in [1.807, 2.05) is 0 Å². The Morgan fingerprint density at radius 3 is 1.82 bits per heavy atom. The van der Waals surface area contributed by atoms with Crippen LogP contribution in [0.4, 0.5) is 0 Å². The number of carbonyl (C=O) groups is 1. The number of carbonyl (C=O) groups excluding carboxylic acids is 1. The van der Waals surface area contributed by atoms with Gasteiger partial charge in [0, 0.05) is 20.0 Å². The van der Waals surface area contributed by atoms with Crippen LogP contribution in [-0.4, -0.2) is 65.3 Å². The smallest absolute Gasteiger partial charge is 0.302 e. The molecule has 2 aromatic carbocycles. The molecule has 4 atom stereocenters. The second-order valence-electron chi connectivity index (χ2n) is 14.8. The van der Waals surface area contributed by atoms with Crippen molar-refractivity contribution >= 4 is 33.0 Å². The fraction of sp³-hybridized carbons (Fsp3) is 0.649. The van der Waals surface area contributed by atoms with Gasteiger partial charge < -0.3 is 23.4 Å². The van der Waals surface area contributed by atoms with Crippen LogP contribution in [0.1, 0.15) is 94.9 Å². The van der Waals surface area contributed by atoms with Gasteiger partial charge in [-0.1, -0.05) is 123 Å². The Bertz CT molecular complexity index is 1100. The Morgan fingerprint density at radius 2 is 1.38 bits per heavy atom. The molecule has 0 radical (unpaired) electrons. The number of hydrogen-bond donors (Lipinski definition) is 1. The fourth-order valence-corrected chi connectivity index (χ4v) is 18.0. The van der Waals surface area contributed by atoms with Crippen molar-refractivity contribution in [2.24, 2.45) is 0 Å². The maximum Gasteiger partial charge on any atom is 0.302 e. The minimum Gasteiger partial charge on any atom is -0.466 e. The third-order valence-corrected chi connectivity index (χ3v) is 21.0. The van der Waals surface area contributed by atoms with Crippen molar-refractivity contribution in [1.29, 1.82) is 0 Å². The van der Waals surface area contributed by atoms with Crippen molar-refractivity contribution in [2.45, 2.75) is 141 Å². The lowest BCUT2D eigenvalue weighted by Gasteiger charge is -2.49. The van der Waals surface area contributed by atoms with Crippen LogP contribution < -0.4 is 10.4 Å². The molecule has 0 amide bonds. The highest BCUT2D eigenvalue weighted by Gasteiger charge is 2.52. The van der Waals surface area contributed by atoms with E-state index in [9.17, 15) is 9.90 Å². The molecule has 1 heterocycles. The maximum absolute atomic E-state index is 11.7. The molecular formula is C37H60O6Si2. The topological polar surface area (TPSA) is 74.2 Å². The van der Waals surface area contributed by atoms with E-state index >= 15 is 0 Å². The van der Waals surface area contributed by atoms with E-state index in [2.05, 4.69) is 123 Å². The van der Waals surface area contributed by atoms with Crippen molar-refractivity contribution in [1.82, 2.24) is 0 Å². The van der Waals surface area contributed by atoms with Crippen LogP contribution in [-0.2, 0) is 23.1 Å². The number of ether oxygens (including phenoxy) is 2. The highest BCUT2D eigenvalue weighted by molar-refractivity contribution is 6.99. The second-order valence-corrected chi connectivity index (χ2v) is 24.5. The zero-order valence-electron chi connectivity index (χ0n) is 29.5. The van der Waals surface area contributed by atoms with Crippen molar-refractivity contribution in [3.05, 3.63) is 60.7 Å². The first kappa shape index (κ1) is 37.6. The summed E-state index contributed by atoms with van der Waals surface area (Å²) in [4.78, 5) is 11.4. The van der Waals surface area contributed by atoms with E-state index in [0.717, 1.165) is 0 Å². The fourth-order valence-electron chi connectivity index (χ4n) is 7.84. The summed E-state index contributed by atoms with van der Waals surface area (Å²) < 4.78 is 26.2. The van der Waals surface area contributed by atoms with E-state index in [1.165, 1.54) is 17.3 Å². The number of rotatable bonds is 15. The third kappa shape index (κ3) is 8.76. The van der Waals surface area contributed by atoms with Crippen LogP contribution in [0.5, 0.6) is 0 Å². The molecule has 0 bridgehead atoms. The Morgan fingerprint density at radius 1 is 0.867 bits per heavy atom. The van der Waals surface area contributed by atoms with Crippen molar-refractivity contribution in [3.63, 3.8) is 0 Å². The van der Waals surface area contributed by atoms with E-state index in [-0.39, 0.29) is 23.2 Å². The summed E-state index contributed by atoms with van der Waals surface area (Å²) in [5, 5.41) is 14.1. The lowest BCUT2D eigenvalue weighted by atomic mass is 9.94. The van der Waals surface area contributed by atoms with Gasteiger partial charge in [-0.2, -0.15) is 0 Å². The maximum atomic E-state index is 11.7. The first-order valence-electron chi connectivity index (χ1n) is 17.1. The molecule has 1 aliphatic heterocycles. The Labute approximate surface area is 275 Å². The predicted molar refractivity (Wildman–Crippen MR) is 189 cm³/mol. The van der Waals surface area contributed by atoms with Crippen LogP contribution >= 0.6 is 0 Å². The second kappa shape index (κ2) is 16.3. The monoisotopic (exact) mass is 656 g/mol. The van der Waals surface area contributed by atoms with Crippen LogP contribution in [0, 0.1) is 0 Å². The van der Waals surface area contributed by atoms with Gasteiger partial charge in [-0.3, -0.25) is 4.79 Å². The van der Waals surface area contributed by atoms with E-state index < -0.39 is 28.8 Å². The first-order valence-corrected chi connectivity index (χ1v) is 21.1. The standard InChI is InChI=1S/C37H60O6Si2/c1-27(2)44(28(3)4,29(5)6)43-35-26-31(42-34(36(35)39)22-17-24-40-30(7)38)23-25-41-45(37(8,9)10,32-18-13-11-14-19-32)33-20-15-12-16-21-33/h11-16,18-21,27-29,31,34-36,39H,17,22-26H2,1-10H3/t31-,34-,35-,36-/m1/s1. The number of benzene rings is 2. The molecule has 1 saturated heterocycles. The molecule has 3 rings (SSSR count). The van der Waals surface area contributed by atoms with Gasteiger partial charge >= 0.3 is 5.97 Å². The number of hydrogen-bond acceptors (Lipinski definition) is 6. The van der Waals surface area contributed by atoms with E-state index in [0.29, 0.717) is 55.5 Å². The summed E-state index contributed by atoms with van der Waals surface area (Å²) in [6.45, 7) is 22.9. The van der Waals surface area contributed by atoms with Gasteiger partial charge in [0.25, 0.3) is 8.32 Å². The summed E-state index contributed by atoms with van der Waals surface area (Å²) in [6.07, 6.45) is 1.00. The molecule has 6 nitrogen and oxygen atoms in total. The highest BCUT2D eigenvalue weighted by Crippen LogP contribution is 2.45. The molecular weight excluding hydrogens is 597 g/mol. The largest absolute Gasteiger partial charge is 0.466 e. The highest BCUT2D eigenvalue weighted by atomic mass is 28.4. The van der Waals surface area contributed by atoms with Gasteiger partial charge in [-0.05, 0) is 51.3 Å². The first-order chi connectivity index (χ1) is 21.2. The summed E-state index contributed by atoms with van der Waals surface area (Å²) in [6, 6.07) is 21.4. The van der Waals surface area contributed by atoms with Crippen LogP contribution in [0.3, 0.4) is 0 Å². The molecule has 0 spiro atoms. The van der Waals surface area contributed by atoms with Gasteiger partial charge in [0.15, 0.2) is 0 Å². The predicted octanol–water partition coefficient (Wildman–Crippen LogP) is 7.38. The number of aliphatic hydroxyl groups is 1. The molecule has 1 fully saturated rings. The van der Waals surface area contributed by atoms with Crippen molar-refractivity contribution < 1.29 is 28.2 Å². The van der Waals surface area contributed by atoms with Gasteiger partial charge in [-0.25, -0.2) is 0 Å². The third-order valence-electron chi connectivity index (χ3n) is 9.80. The lowest BCUT2D eigenvalue weighted by Crippen LogP contribution is -2.66. The quantitative estimate of drug-likeness (QED) is 0.123. The van der Waals surface area contributed by atoms with Crippen molar-refractivity contribution in [2.75, 3.05) is 13.2 Å². The van der Waals surface area contributed by atoms with Gasteiger partial charge in [0.1, 0.15) is 6.10 Å². The molecule has 0 aromatic heterocycles. The minimum atomic E-state index is -2.68. The normalized spacial score (nSPS) is 21.5. The summed E-state index contributed by atoms with van der Waals surface area (Å²) in [5.41, 5.74) is 1.23. The molecule has 0 saturated carbocycles. The summed E-state index contributed by atoms with van der Waals surface area (Å²) in [5.74, 6) is -0.290. The molecule has 252 valence electrons. The lowest BCUT2D eigenvalue weighted by molar-refractivity contribution is -0.171. The molecule has 45 heavy (non-hydrogen) atoms. The number of aliphatic hydroxyl groups excluding tert-OH is 1. The Hall–Kier alpha value is -1.82. The van der Waals surface area contributed by atoms with Crippen molar-refractivity contribution in [3.8, 4) is 0 Å². The van der Waals surface area contributed by atoms with Gasteiger partial charge in [0.2, 0.25) is 8.32 Å². The zero-order valence-corrected chi connectivity index (χ0v) is 31.5. The van der Waals surface area contributed by atoms with Crippen LogP contribution in [0.2, 0.25) is 21.7 Å². The molecule has 0 aliphatic carbocycles. The molecule has 8 heteroatoms. The summed E-state index contributed by atoms with van der Waals surface area (Å²) in [7, 11) is -4.93. The average molecular weight is 657 g/mol. The van der Waals surface area contributed by atoms with Crippen LogP contribution in [0.15, 0.2) is 60.7 Å².